The normalized spacial score (nSPS) is 14.2. The Bertz CT molecular complexity index is 1240. The van der Waals surface area contributed by atoms with Gasteiger partial charge < -0.3 is 0 Å². The highest BCUT2D eigenvalue weighted by Crippen LogP contribution is 2.37. The van der Waals surface area contributed by atoms with Gasteiger partial charge in [-0.1, -0.05) is 37.3 Å². The molecule has 30 heavy (non-hydrogen) atoms. The minimum absolute atomic E-state index is 0.0330. The maximum Gasteiger partial charge on any atom is 0.238 e. The highest BCUT2D eigenvalue weighted by molar-refractivity contribution is 7.92. The quantitative estimate of drug-likeness (QED) is 0.602. The molecular weight excluding hydrogens is 420 g/mol. The predicted octanol–water partition coefficient (Wildman–Crippen LogP) is 3.22. The Morgan fingerprint density at radius 3 is 2.13 bits per heavy atom. The summed E-state index contributed by atoms with van der Waals surface area (Å²) in [4.78, 5) is 4.45. The van der Waals surface area contributed by atoms with E-state index in [9.17, 15) is 16.8 Å². The first-order valence-electron chi connectivity index (χ1n) is 9.45. The molecule has 3 rings (SSSR count). The van der Waals surface area contributed by atoms with Crippen LogP contribution in [0.5, 0.6) is 0 Å². The van der Waals surface area contributed by atoms with Gasteiger partial charge in [0.25, 0.3) is 0 Å². The number of primary sulfonamides is 1. The van der Waals surface area contributed by atoms with Gasteiger partial charge in [-0.2, -0.15) is 0 Å². The van der Waals surface area contributed by atoms with Gasteiger partial charge in [0.15, 0.2) is 9.84 Å². The highest BCUT2D eigenvalue weighted by atomic mass is 32.2. The maximum atomic E-state index is 13.8. The summed E-state index contributed by atoms with van der Waals surface area (Å²) in [7, 11) is -7.77. The van der Waals surface area contributed by atoms with E-state index in [1.54, 1.807) is 67.7 Å². The molecule has 6 nitrogen and oxygen atoms in total. The summed E-state index contributed by atoms with van der Waals surface area (Å²) in [5.41, 5.74) is 1.95. The molecule has 1 heterocycles. The number of hydrogen-bond donors (Lipinski definition) is 1. The minimum Gasteiger partial charge on any atom is -0.260 e. The molecule has 0 aliphatic rings. The number of sulfone groups is 1. The fraction of sp³-hybridized carbons (Fsp3) is 0.227. The van der Waals surface area contributed by atoms with Crippen LogP contribution in [-0.4, -0.2) is 21.8 Å². The highest BCUT2D eigenvalue weighted by Gasteiger charge is 2.43. The molecule has 1 atom stereocenters. The van der Waals surface area contributed by atoms with E-state index in [4.69, 9.17) is 5.14 Å². The van der Waals surface area contributed by atoms with Gasteiger partial charge in [0, 0.05) is 6.20 Å². The SMILES string of the molecule is CCc1ccc(S(=O)(=O)C(C)(Cc2cccc(S(N)(=O)=O)c2)c2ccccn2)cc1. The van der Waals surface area contributed by atoms with Gasteiger partial charge >= 0.3 is 0 Å². The van der Waals surface area contributed by atoms with E-state index in [1.165, 1.54) is 12.1 Å². The van der Waals surface area contributed by atoms with Gasteiger partial charge in [-0.15, -0.1) is 0 Å². The van der Waals surface area contributed by atoms with Crippen LogP contribution in [0, 0.1) is 0 Å². The fourth-order valence-corrected chi connectivity index (χ4v) is 5.74. The van der Waals surface area contributed by atoms with Gasteiger partial charge in [-0.05, 0) is 67.3 Å². The zero-order chi connectivity index (χ0) is 22.0. The lowest BCUT2D eigenvalue weighted by Gasteiger charge is -2.29. The molecule has 1 aromatic heterocycles. The fourth-order valence-electron chi connectivity index (χ4n) is 3.39. The van der Waals surface area contributed by atoms with Crippen molar-refractivity contribution in [3.05, 3.63) is 89.7 Å². The second-order valence-electron chi connectivity index (χ2n) is 7.32. The first-order chi connectivity index (χ1) is 14.1. The van der Waals surface area contributed by atoms with E-state index in [-0.39, 0.29) is 16.2 Å². The van der Waals surface area contributed by atoms with Gasteiger partial charge in [-0.3, -0.25) is 4.98 Å². The first-order valence-corrected chi connectivity index (χ1v) is 12.5. The lowest BCUT2D eigenvalue weighted by molar-refractivity contribution is 0.529. The largest absolute Gasteiger partial charge is 0.260 e. The Labute approximate surface area is 177 Å². The third-order valence-corrected chi connectivity index (χ3v) is 8.55. The first kappa shape index (κ1) is 22.1. The standard InChI is InChI=1S/C22H24N2O4S2/c1-3-17-10-12-19(13-11-17)29(25,26)22(2,21-9-4-5-14-24-21)16-18-7-6-8-20(15-18)30(23,27)28/h4-15H,3,16H2,1-2H3,(H2,23,27,28). The van der Waals surface area contributed by atoms with Crippen molar-refractivity contribution in [2.24, 2.45) is 5.14 Å². The topological polar surface area (TPSA) is 107 Å². The average Bonchev–Trinajstić information content (AvgIpc) is 2.74. The zero-order valence-corrected chi connectivity index (χ0v) is 18.4. The lowest BCUT2D eigenvalue weighted by atomic mass is 9.96. The predicted molar refractivity (Wildman–Crippen MR) is 116 cm³/mol. The molecule has 0 saturated carbocycles. The summed E-state index contributed by atoms with van der Waals surface area (Å²) in [6.45, 7) is 3.61. The summed E-state index contributed by atoms with van der Waals surface area (Å²) < 4.78 is 49.6. The van der Waals surface area contributed by atoms with Crippen molar-refractivity contribution in [2.75, 3.05) is 0 Å². The molecule has 0 bridgehead atoms. The number of nitrogens with two attached hydrogens (primary N) is 1. The van der Waals surface area contributed by atoms with Crippen LogP contribution in [0.1, 0.15) is 30.7 Å². The molecule has 0 aliphatic carbocycles. The molecule has 0 aliphatic heterocycles. The second kappa shape index (κ2) is 8.29. The van der Waals surface area contributed by atoms with Crippen LogP contribution >= 0.6 is 0 Å². The van der Waals surface area contributed by atoms with Crippen molar-refractivity contribution >= 4 is 19.9 Å². The number of sulfonamides is 1. The molecule has 8 heteroatoms. The summed E-state index contributed by atoms with van der Waals surface area (Å²) in [5.74, 6) is 0. The van der Waals surface area contributed by atoms with E-state index in [2.05, 4.69) is 4.98 Å². The minimum atomic E-state index is -3.91. The van der Waals surface area contributed by atoms with Crippen molar-refractivity contribution in [3.63, 3.8) is 0 Å². The van der Waals surface area contributed by atoms with Crippen LogP contribution in [0.25, 0.3) is 0 Å². The van der Waals surface area contributed by atoms with Crippen LogP contribution < -0.4 is 5.14 Å². The van der Waals surface area contributed by atoms with Gasteiger partial charge in [0.1, 0.15) is 4.75 Å². The Balaban J connectivity index is 2.15. The Morgan fingerprint density at radius 2 is 1.57 bits per heavy atom. The summed E-state index contributed by atoms with van der Waals surface area (Å²) in [6.07, 6.45) is 2.38. The molecule has 1 unspecified atom stereocenters. The second-order valence-corrected chi connectivity index (χ2v) is 11.3. The van der Waals surface area contributed by atoms with Crippen molar-refractivity contribution in [1.82, 2.24) is 4.98 Å². The Kier molecular flexibility index (Phi) is 6.12. The molecular formula is C22H24N2O4S2. The summed E-state index contributed by atoms with van der Waals surface area (Å²) in [5, 5.41) is 5.25. The van der Waals surface area contributed by atoms with Gasteiger partial charge in [0.05, 0.1) is 15.5 Å². The van der Waals surface area contributed by atoms with Crippen LogP contribution in [0.2, 0.25) is 0 Å². The Hall–Kier alpha value is -2.55. The third-order valence-electron chi connectivity index (χ3n) is 5.21. The number of pyridine rings is 1. The van der Waals surface area contributed by atoms with Crippen LogP contribution in [0.4, 0.5) is 0 Å². The van der Waals surface area contributed by atoms with Crippen LogP contribution in [0.3, 0.4) is 0 Å². The molecule has 0 saturated heterocycles. The van der Waals surface area contributed by atoms with E-state index in [1.807, 2.05) is 6.92 Å². The maximum absolute atomic E-state index is 13.8. The van der Waals surface area contributed by atoms with Crippen molar-refractivity contribution < 1.29 is 16.8 Å². The number of benzene rings is 2. The van der Waals surface area contributed by atoms with E-state index < -0.39 is 24.6 Å². The molecule has 0 radical (unpaired) electrons. The summed E-state index contributed by atoms with van der Waals surface area (Å²) in [6, 6.07) is 18.0. The van der Waals surface area contributed by atoms with E-state index in [0.717, 1.165) is 12.0 Å². The summed E-state index contributed by atoms with van der Waals surface area (Å²) >= 11 is 0. The Morgan fingerprint density at radius 1 is 0.867 bits per heavy atom. The van der Waals surface area contributed by atoms with Gasteiger partial charge in [-0.25, -0.2) is 22.0 Å². The van der Waals surface area contributed by atoms with Gasteiger partial charge in [0.2, 0.25) is 10.0 Å². The molecule has 0 fully saturated rings. The van der Waals surface area contributed by atoms with Crippen molar-refractivity contribution in [3.8, 4) is 0 Å². The van der Waals surface area contributed by atoms with E-state index >= 15 is 0 Å². The van der Waals surface area contributed by atoms with Crippen LogP contribution in [0.15, 0.2) is 82.7 Å². The number of aromatic nitrogens is 1. The van der Waals surface area contributed by atoms with Crippen LogP contribution in [-0.2, 0) is 37.4 Å². The van der Waals surface area contributed by atoms with Crippen molar-refractivity contribution in [1.29, 1.82) is 0 Å². The number of aryl methyl sites for hydroxylation is 1. The third kappa shape index (κ3) is 4.30. The molecule has 3 aromatic rings. The van der Waals surface area contributed by atoms with Crippen molar-refractivity contribution in [2.45, 2.75) is 41.2 Å². The number of rotatable bonds is 7. The molecule has 2 N–H and O–H groups in total. The monoisotopic (exact) mass is 444 g/mol. The molecule has 0 spiro atoms. The number of hydrogen-bond acceptors (Lipinski definition) is 5. The zero-order valence-electron chi connectivity index (χ0n) is 16.8. The lowest BCUT2D eigenvalue weighted by Crippen LogP contribution is -2.36. The molecule has 158 valence electrons. The molecule has 0 amide bonds. The molecule has 2 aromatic carbocycles. The average molecular weight is 445 g/mol. The van der Waals surface area contributed by atoms with E-state index in [0.29, 0.717) is 11.3 Å². The number of nitrogens with zero attached hydrogens (tertiary/aromatic N) is 1. The smallest absolute Gasteiger partial charge is 0.238 e.